The maximum absolute atomic E-state index is 11.8. The van der Waals surface area contributed by atoms with Crippen molar-refractivity contribution in [2.75, 3.05) is 33.7 Å². The van der Waals surface area contributed by atoms with Crippen molar-refractivity contribution in [3.8, 4) is 29.1 Å². The first-order valence-corrected chi connectivity index (χ1v) is 26.3. The molecule has 0 aliphatic heterocycles. The Morgan fingerprint density at radius 1 is 0.608 bits per heavy atom. The van der Waals surface area contributed by atoms with Gasteiger partial charge in [-0.05, 0) is 88.9 Å². The molecule has 0 aromatic carbocycles. The number of carbonyl (C=O) groups excluding carboxylic acids is 2. The summed E-state index contributed by atoms with van der Waals surface area (Å²) in [6, 6.07) is 0.223. The van der Waals surface area contributed by atoms with Crippen LogP contribution in [0.15, 0.2) is 44.0 Å². The van der Waals surface area contributed by atoms with Crippen LogP contribution >= 0.6 is 33.0 Å². The number of alkyl halides is 1. The summed E-state index contributed by atoms with van der Waals surface area (Å²) in [5.74, 6) is -1.46. The Kier molecular flexibility index (Phi) is 37.2. The van der Waals surface area contributed by atoms with E-state index < -0.39 is 49.1 Å². The third-order valence-corrected chi connectivity index (χ3v) is 10.8. The van der Waals surface area contributed by atoms with E-state index in [1.54, 1.807) is 94.9 Å². The lowest BCUT2D eigenvalue weighted by molar-refractivity contribution is -0.123. The third-order valence-electron chi connectivity index (χ3n) is 10.5. The van der Waals surface area contributed by atoms with Crippen LogP contribution in [0.3, 0.4) is 0 Å². The minimum absolute atomic E-state index is 0.158. The molecule has 4 aromatic heterocycles. The molecule has 0 saturated carbocycles. The average molecular weight is 1120 g/mol. The number of likely N-dealkylation sites (N-methyl/N-ethyl adjacent to an activating group) is 2. The highest BCUT2D eigenvalue weighted by molar-refractivity contribution is 8.26. The molecule has 22 nitrogen and oxygen atoms in total. The number of amides is 2. The van der Waals surface area contributed by atoms with Crippen molar-refractivity contribution in [3.05, 3.63) is 111 Å². The second-order valence-corrected chi connectivity index (χ2v) is 19.1. The molecule has 418 valence electrons. The van der Waals surface area contributed by atoms with Crippen molar-refractivity contribution in [1.82, 2.24) is 46.1 Å². The number of aromatic nitrogens is 4. The molecule has 13 N–H and O–H groups in total. The highest BCUT2D eigenvalue weighted by Crippen LogP contribution is 2.18. The summed E-state index contributed by atoms with van der Waals surface area (Å²) >= 11 is 5.70. The van der Waals surface area contributed by atoms with Crippen molar-refractivity contribution in [2.45, 2.75) is 133 Å². The van der Waals surface area contributed by atoms with Gasteiger partial charge in [-0.2, -0.15) is 5.26 Å². The van der Waals surface area contributed by atoms with E-state index in [0.717, 1.165) is 0 Å². The lowest BCUT2D eigenvalue weighted by Gasteiger charge is -2.19. The van der Waals surface area contributed by atoms with Crippen molar-refractivity contribution < 1.29 is 39.3 Å². The number of pyridine rings is 4. The smallest absolute Gasteiger partial charge is 0.236 e. The maximum atomic E-state index is 11.8. The molecule has 2 unspecified atom stereocenters. The molecule has 0 saturated heterocycles. The Labute approximate surface area is 448 Å². The summed E-state index contributed by atoms with van der Waals surface area (Å²) in [5, 5.41) is 64.6. The lowest BCUT2D eigenvalue weighted by Crippen LogP contribution is -2.42. The van der Waals surface area contributed by atoms with Gasteiger partial charge in [0.25, 0.3) is 0 Å². The summed E-state index contributed by atoms with van der Waals surface area (Å²) in [6.45, 7) is 28.1. The number of hydrogen-bond donors (Lipinski definition) is 13. The first-order valence-electron chi connectivity index (χ1n) is 23.0. The summed E-state index contributed by atoms with van der Waals surface area (Å²) in [6.07, 6.45) is 5.16. The van der Waals surface area contributed by atoms with Crippen molar-refractivity contribution in [1.29, 1.82) is 5.26 Å². The fraction of sp³-hybridized carbons (Fsp3) is 0.521. The Balaban J connectivity index is -0.000000845. The molecule has 0 aliphatic carbocycles. The molecule has 0 radical (unpaired) electrons. The number of hydrogen-bond acceptors (Lipinski definition) is 16. The van der Waals surface area contributed by atoms with Gasteiger partial charge in [-0.15, -0.1) is 11.6 Å². The van der Waals surface area contributed by atoms with E-state index in [9.17, 15) is 49.2 Å². The Hall–Kier alpha value is -5.71. The standard InChI is InChI=1S/2C12H19N3O3.C8H10ClNO2.C8H11NO3.C6H15N.C2H3N.Cl2OS/c2*1-6(15-8(3)12(18)13-4)9-5-14-7(2)10(16)11(9)17;1-4(9)6-3-10-5(2)7(11)8(6)12;1-4-7(11)8(12)6(3-9-4)5(2)10;1-4-7(5-2)6-3;1-2-3;1-4(2)3/h2*5-6,8,15-16H,1-4H3,(H,13,18)(H,14,17);3-4,11H,1-2H3,(H,10,12);3,5,10-11H,1-2H3,(H,9,12);4-6H2,1-3H3;1H3;/t6-,8+;6-,8-;;;;;/m10...../s1. The Bertz CT molecular complexity index is 2480. The number of aromatic amines is 4. The molecule has 4 aromatic rings. The fourth-order valence-corrected chi connectivity index (χ4v) is 6.10. The van der Waals surface area contributed by atoms with Crippen LogP contribution in [0.4, 0.5) is 0 Å². The number of aromatic hydroxyl groups is 4. The van der Waals surface area contributed by atoms with Gasteiger partial charge >= 0.3 is 0 Å². The summed E-state index contributed by atoms with van der Waals surface area (Å²) in [4.78, 5) is 82.4. The van der Waals surface area contributed by atoms with E-state index in [1.807, 2.05) is 0 Å². The molecule has 4 rings (SSSR count). The first kappa shape index (κ1) is 72.5. The molecule has 74 heavy (non-hydrogen) atoms. The van der Waals surface area contributed by atoms with Gasteiger partial charge in [0, 0.05) is 102 Å². The normalized spacial score (nSPS) is 12.6. The van der Waals surface area contributed by atoms with Crippen LogP contribution in [-0.2, 0) is 18.8 Å². The van der Waals surface area contributed by atoms with Gasteiger partial charge in [0.15, 0.2) is 23.0 Å². The van der Waals surface area contributed by atoms with Gasteiger partial charge in [0.2, 0.25) is 42.8 Å². The molecule has 4 heterocycles. The van der Waals surface area contributed by atoms with E-state index >= 15 is 0 Å². The van der Waals surface area contributed by atoms with E-state index in [4.69, 9.17) is 26.2 Å². The highest BCUT2D eigenvalue weighted by Gasteiger charge is 2.20. The quantitative estimate of drug-likeness (QED) is 0.0589. The zero-order valence-corrected chi connectivity index (χ0v) is 48.0. The summed E-state index contributed by atoms with van der Waals surface area (Å²) < 4.78 is 9.09. The van der Waals surface area contributed by atoms with Crippen molar-refractivity contribution in [2.24, 2.45) is 0 Å². The van der Waals surface area contributed by atoms with Gasteiger partial charge in [0.1, 0.15) is 0 Å². The van der Waals surface area contributed by atoms with Gasteiger partial charge in [-0.1, -0.05) is 20.8 Å². The van der Waals surface area contributed by atoms with Crippen LogP contribution in [0.5, 0.6) is 23.0 Å². The predicted octanol–water partition coefficient (Wildman–Crippen LogP) is 5.40. The third kappa shape index (κ3) is 26.0. The Morgan fingerprint density at radius 2 is 0.838 bits per heavy atom. The molecular formula is C48H77Cl3N10O12S. The number of aliphatic hydroxyl groups excluding tert-OH is 1. The minimum Gasteiger partial charge on any atom is -0.503 e. The minimum atomic E-state index is -1.67. The lowest BCUT2D eigenvalue weighted by atomic mass is 10.1. The zero-order chi connectivity index (χ0) is 58.3. The predicted molar refractivity (Wildman–Crippen MR) is 294 cm³/mol. The molecule has 0 bridgehead atoms. The van der Waals surface area contributed by atoms with E-state index in [0.29, 0.717) is 39.5 Å². The molecule has 0 fully saturated rings. The summed E-state index contributed by atoms with van der Waals surface area (Å²) in [5.41, 5.74) is 1.33. The van der Waals surface area contributed by atoms with Gasteiger partial charge in [-0.25, -0.2) is 4.21 Å². The van der Waals surface area contributed by atoms with Gasteiger partial charge in [-0.3, -0.25) is 39.4 Å². The number of aryl methyl sites for hydroxylation is 4. The number of nitrogens with zero attached hydrogens (tertiary/aromatic N) is 2. The number of aliphatic hydroxyl groups is 1. The maximum Gasteiger partial charge on any atom is 0.236 e. The topological polar surface area (TPSA) is 359 Å². The van der Waals surface area contributed by atoms with Gasteiger partial charge < -0.3 is 61.0 Å². The second-order valence-electron chi connectivity index (χ2n) is 16.0. The fourth-order valence-electron chi connectivity index (χ4n) is 5.94. The zero-order valence-electron chi connectivity index (χ0n) is 44.9. The number of nitriles is 1. The second kappa shape index (κ2) is 37.9. The summed E-state index contributed by atoms with van der Waals surface area (Å²) in [7, 11) is 10.5. The molecule has 26 heteroatoms. The van der Waals surface area contributed by atoms with Crippen LogP contribution in [0, 0.1) is 39.0 Å². The number of halogens is 3. The van der Waals surface area contributed by atoms with Crippen LogP contribution in [-0.4, -0.2) is 112 Å². The number of carbonyl (C=O) groups is 2. The highest BCUT2D eigenvalue weighted by atomic mass is 36.0. The first-order chi connectivity index (χ1) is 34.3. The van der Waals surface area contributed by atoms with Crippen LogP contribution < -0.4 is 43.0 Å². The molecule has 2 amide bonds. The van der Waals surface area contributed by atoms with Crippen LogP contribution in [0.25, 0.3) is 0 Å². The van der Waals surface area contributed by atoms with Crippen LogP contribution in [0.1, 0.15) is 138 Å². The molecule has 6 atom stereocenters. The van der Waals surface area contributed by atoms with E-state index in [-0.39, 0.29) is 57.8 Å². The van der Waals surface area contributed by atoms with E-state index in [1.165, 1.54) is 45.9 Å². The Morgan fingerprint density at radius 3 is 1.05 bits per heavy atom. The largest absolute Gasteiger partial charge is 0.503 e. The van der Waals surface area contributed by atoms with Crippen molar-refractivity contribution in [3.63, 3.8) is 0 Å². The van der Waals surface area contributed by atoms with Crippen LogP contribution in [0.2, 0.25) is 0 Å². The monoisotopic (exact) mass is 1120 g/mol. The molecular weight excluding hydrogens is 1050 g/mol. The molecule has 0 aliphatic rings. The number of rotatable bonds is 13. The number of H-pyrrole nitrogens is 4. The SMILES string of the molecule is CC#N.CCN(CC)CC.CNC(=O)[C@H](C)N[C@@H](C)c1c[nH]c(C)c(O)c1=O.CNC(=O)[C@H](C)N[C@H](C)c1c[nH]c(C)c(O)c1=O.Cc1[nH]cc(C(C)Cl)c(=O)c1O.Cc1[nH]cc(C(C)O)c(=O)c1O.O=S(Cl)Cl. The average Bonchev–Trinajstić information content (AvgIpc) is 3.34. The van der Waals surface area contributed by atoms with E-state index in [2.05, 4.69) is 88.2 Å². The number of nitrogens with one attached hydrogen (secondary N) is 8. The van der Waals surface area contributed by atoms with Gasteiger partial charge in [0.05, 0.1) is 52.4 Å². The molecule has 0 spiro atoms. The van der Waals surface area contributed by atoms with Crippen molar-refractivity contribution >= 4 is 54.0 Å².